The number of ketones is 1. The third-order valence-electron chi connectivity index (χ3n) is 6.80. The number of aliphatic carboxylic acids is 1. The highest BCUT2D eigenvalue weighted by Crippen LogP contribution is 2.37. The second kappa shape index (κ2) is 11.6. The van der Waals surface area contributed by atoms with Gasteiger partial charge < -0.3 is 15.0 Å². The van der Waals surface area contributed by atoms with Crippen LogP contribution in [0.4, 0.5) is 0 Å². The molecule has 2 atom stereocenters. The van der Waals surface area contributed by atoms with Gasteiger partial charge in [0.05, 0.1) is 0 Å². The van der Waals surface area contributed by atoms with Crippen molar-refractivity contribution in [3.05, 3.63) is 69.3 Å². The van der Waals surface area contributed by atoms with Crippen LogP contribution in [0.5, 0.6) is 0 Å². The lowest BCUT2D eigenvalue weighted by Crippen LogP contribution is -2.34. The molecule has 1 aliphatic rings. The fraction of sp³-hybridized carbons (Fsp3) is 0.429. The number of halogens is 2. The third-order valence-corrected chi connectivity index (χ3v) is 7.28. The van der Waals surface area contributed by atoms with Crippen molar-refractivity contribution in [2.45, 2.75) is 64.5 Å². The maximum Gasteiger partial charge on any atom is 0.303 e. The Morgan fingerprint density at radius 3 is 2.66 bits per heavy atom. The average molecular weight is 515 g/mol. The second-order valence-corrected chi connectivity index (χ2v) is 10.5. The molecule has 5 nitrogen and oxygen atoms in total. The number of hydrogen-bond acceptors (Lipinski definition) is 3. The summed E-state index contributed by atoms with van der Waals surface area (Å²) >= 11 is 12.4. The van der Waals surface area contributed by atoms with Crippen molar-refractivity contribution in [1.29, 1.82) is 0 Å². The molecular formula is C28H32Cl2N2O3. The number of aromatic nitrogens is 1. The molecule has 2 heterocycles. The highest BCUT2D eigenvalue weighted by atomic mass is 35.5. The van der Waals surface area contributed by atoms with Crippen LogP contribution in [0.3, 0.4) is 0 Å². The van der Waals surface area contributed by atoms with Crippen LogP contribution in [0.2, 0.25) is 10.0 Å². The molecule has 4 rings (SSSR count). The number of carbonyl (C=O) groups excluding carboxylic acids is 1. The number of hydrogen-bond donors (Lipinski definition) is 2. The van der Waals surface area contributed by atoms with Crippen molar-refractivity contribution >= 4 is 45.9 Å². The van der Waals surface area contributed by atoms with Gasteiger partial charge in [0.2, 0.25) is 0 Å². The fourth-order valence-electron chi connectivity index (χ4n) is 5.26. The summed E-state index contributed by atoms with van der Waals surface area (Å²) < 4.78 is 2.26. The lowest BCUT2D eigenvalue weighted by molar-refractivity contribution is -0.137. The molecule has 0 bridgehead atoms. The summed E-state index contributed by atoms with van der Waals surface area (Å²) in [6.07, 6.45) is 5.35. The smallest absolute Gasteiger partial charge is 0.303 e. The van der Waals surface area contributed by atoms with Crippen LogP contribution in [0.1, 0.15) is 73.1 Å². The molecule has 0 saturated heterocycles. The van der Waals surface area contributed by atoms with Crippen LogP contribution in [0.25, 0.3) is 10.9 Å². The minimum absolute atomic E-state index is 0.00516. The molecule has 0 radical (unpaired) electrons. The molecule has 0 aliphatic carbocycles. The van der Waals surface area contributed by atoms with Gasteiger partial charge in [0, 0.05) is 64.2 Å². The fourth-order valence-corrected chi connectivity index (χ4v) is 5.65. The first kappa shape index (κ1) is 25.7. The van der Waals surface area contributed by atoms with Crippen molar-refractivity contribution < 1.29 is 14.7 Å². The lowest BCUT2D eigenvalue weighted by atomic mass is 9.92. The van der Waals surface area contributed by atoms with Crippen molar-refractivity contribution in [3.8, 4) is 0 Å². The topological polar surface area (TPSA) is 71.3 Å². The number of benzene rings is 2. The van der Waals surface area contributed by atoms with Crippen LogP contribution < -0.4 is 5.32 Å². The summed E-state index contributed by atoms with van der Waals surface area (Å²) in [5, 5.41) is 15.0. The quantitative estimate of drug-likeness (QED) is 0.212. The summed E-state index contributed by atoms with van der Waals surface area (Å²) in [6.45, 7) is 3.45. The number of rotatable bonds is 11. The van der Waals surface area contributed by atoms with E-state index in [0.717, 1.165) is 66.8 Å². The predicted octanol–water partition coefficient (Wildman–Crippen LogP) is 7.08. The Hall–Kier alpha value is -2.34. The summed E-state index contributed by atoms with van der Waals surface area (Å²) in [7, 11) is 0. The lowest BCUT2D eigenvalue weighted by Gasteiger charge is -2.28. The van der Waals surface area contributed by atoms with Gasteiger partial charge in [0.1, 0.15) is 0 Å². The summed E-state index contributed by atoms with van der Waals surface area (Å²) in [5.41, 5.74) is 4.01. The monoisotopic (exact) mass is 514 g/mol. The van der Waals surface area contributed by atoms with Gasteiger partial charge in [-0.15, -0.1) is 0 Å². The highest BCUT2D eigenvalue weighted by molar-refractivity contribution is 6.31. The van der Waals surface area contributed by atoms with Gasteiger partial charge in [-0.05, 0) is 61.1 Å². The van der Waals surface area contributed by atoms with E-state index in [1.807, 2.05) is 43.3 Å². The molecule has 0 amide bonds. The molecule has 2 aromatic carbocycles. The van der Waals surface area contributed by atoms with E-state index in [4.69, 9.17) is 28.3 Å². The number of carbonyl (C=O) groups is 2. The van der Waals surface area contributed by atoms with E-state index in [0.29, 0.717) is 10.6 Å². The Morgan fingerprint density at radius 2 is 1.89 bits per heavy atom. The number of Topliss-reactive ketones (excluding diaryl/α,β-unsaturated/α-hetero) is 1. The van der Waals surface area contributed by atoms with E-state index in [1.54, 1.807) is 0 Å². The first-order chi connectivity index (χ1) is 16.8. The van der Waals surface area contributed by atoms with Crippen molar-refractivity contribution in [3.63, 3.8) is 0 Å². The summed E-state index contributed by atoms with van der Waals surface area (Å²) in [6, 6.07) is 13.8. The normalized spacial score (nSPS) is 16.3. The molecular weight excluding hydrogens is 483 g/mol. The zero-order valence-electron chi connectivity index (χ0n) is 20.0. The molecule has 3 aromatic rings. The third kappa shape index (κ3) is 6.27. The first-order valence-corrected chi connectivity index (χ1v) is 13.1. The van der Waals surface area contributed by atoms with E-state index in [2.05, 4.69) is 16.0 Å². The van der Waals surface area contributed by atoms with Gasteiger partial charge in [0.25, 0.3) is 0 Å². The number of nitrogens with one attached hydrogen (secondary N) is 1. The summed E-state index contributed by atoms with van der Waals surface area (Å²) in [4.78, 5) is 24.7. The van der Waals surface area contributed by atoms with Crippen LogP contribution in [0, 0.1) is 5.92 Å². The van der Waals surface area contributed by atoms with Crippen LogP contribution in [-0.2, 0) is 17.8 Å². The first-order valence-electron chi connectivity index (χ1n) is 12.4. The van der Waals surface area contributed by atoms with Crippen molar-refractivity contribution in [2.75, 3.05) is 6.54 Å². The zero-order valence-corrected chi connectivity index (χ0v) is 21.5. The Bertz CT molecular complexity index is 1220. The van der Waals surface area contributed by atoms with Crippen LogP contribution in [0.15, 0.2) is 42.5 Å². The molecule has 0 spiro atoms. The molecule has 35 heavy (non-hydrogen) atoms. The van der Waals surface area contributed by atoms with Gasteiger partial charge in [-0.1, -0.05) is 55.1 Å². The molecule has 0 fully saturated rings. The van der Waals surface area contributed by atoms with Gasteiger partial charge in [-0.2, -0.15) is 0 Å². The Kier molecular flexibility index (Phi) is 8.53. The number of fused-ring (bicyclic) bond motifs is 3. The highest BCUT2D eigenvalue weighted by Gasteiger charge is 2.30. The van der Waals surface area contributed by atoms with E-state index in [9.17, 15) is 9.59 Å². The van der Waals surface area contributed by atoms with E-state index < -0.39 is 5.97 Å². The van der Waals surface area contributed by atoms with Gasteiger partial charge in [-0.3, -0.25) is 9.59 Å². The second-order valence-electron chi connectivity index (χ2n) is 9.64. The molecule has 0 saturated carbocycles. The number of unbranched alkanes of at least 4 members (excludes halogenated alkanes) is 2. The molecule has 1 aromatic heterocycles. The minimum atomic E-state index is -0.880. The molecule has 0 unspecified atom stereocenters. The van der Waals surface area contributed by atoms with Crippen LogP contribution >= 0.6 is 23.2 Å². The Labute approximate surface area is 216 Å². The van der Waals surface area contributed by atoms with Crippen molar-refractivity contribution in [1.82, 2.24) is 9.88 Å². The van der Waals surface area contributed by atoms with E-state index in [1.165, 1.54) is 5.56 Å². The van der Waals surface area contributed by atoms with Gasteiger partial charge >= 0.3 is 5.97 Å². The minimum Gasteiger partial charge on any atom is -0.481 e. The molecule has 2 N–H and O–H groups in total. The maximum atomic E-state index is 13.5. The predicted molar refractivity (Wildman–Crippen MR) is 142 cm³/mol. The number of carboxylic acid groups (broad SMARTS) is 1. The SMILES string of the molecule is C[C@H](CC(=O)O)CC(=O)c1c2n(c3ccc(Cl)cc13)CCN[C@H]2CCCCCc1cccc(Cl)c1. The number of nitrogens with zero attached hydrogens (tertiary/aromatic N) is 1. The Morgan fingerprint density at radius 1 is 1.09 bits per heavy atom. The summed E-state index contributed by atoms with van der Waals surface area (Å²) in [5.74, 6) is -1.12. The Balaban J connectivity index is 1.52. The van der Waals surface area contributed by atoms with E-state index in [-0.39, 0.29) is 30.6 Å². The molecule has 7 heteroatoms. The number of aryl methyl sites for hydroxylation is 1. The molecule has 186 valence electrons. The van der Waals surface area contributed by atoms with Crippen LogP contribution in [-0.4, -0.2) is 28.0 Å². The number of carboxylic acids is 1. The largest absolute Gasteiger partial charge is 0.481 e. The average Bonchev–Trinajstić information content (AvgIpc) is 3.12. The van der Waals surface area contributed by atoms with Gasteiger partial charge in [-0.25, -0.2) is 0 Å². The zero-order chi connectivity index (χ0) is 24.9. The van der Waals surface area contributed by atoms with Crippen molar-refractivity contribution in [2.24, 2.45) is 5.92 Å². The maximum absolute atomic E-state index is 13.5. The van der Waals surface area contributed by atoms with E-state index >= 15 is 0 Å². The standard InChI is InChI=1S/C28H32Cl2N2O3/c1-18(15-26(34)35)14-25(33)27-22-17-21(30)10-11-24(22)32-13-12-31-23(28(27)32)9-4-2-3-6-19-7-5-8-20(29)16-19/h5,7-8,10-11,16-18,23,31H,2-4,6,9,12-15H2,1H3,(H,34,35)/t18-,23-/m0/s1. The van der Waals surface area contributed by atoms with Gasteiger partial charge in [0.15, 0.2) is 5.78 Å². The molecule has 1 aliphatic heterocycles.